The van der Waals surface area contributed by atoms with Crippen LogP contribution in [-0.4, -0.2) is 61.1 Å². The number of nitrogens with zero attached hydrogens (tertiary/aromatic N) is 1. The third-order valence-corrected chi connectivity index (χ3v) is 4.02. The first-order valence-corrected chi connectivity index (χ1v) is 6.70. The number of ether oxygens (including phenoxy) is 1. The highest BCUT2D eigenvalue weighted by Gasteiger charge is 2.42. The summed E-state index contributed by atoms with van der Waals surface area (Å²) < 4.78 is 5.66. The van der Waals surface area contributed by atoms with Crippen molar-refractivity contribution in [1.29, 1.82) is 0 Å². The highest BCUT2D eigenvalue weighted by atomic mass is 16.5. The van der Waals surface area contributed by atoms with Crippen molar-refractivity contribution in [2.45, 2.75) is 37.5 Å². The van der Waals surface area contributed by atoms with Gasteiger partial charge in [-0.2, -0.15) is 0 Å². The number of nitrogens with one attached hydrogen (secondary N) is 2. The van der Waals surface area contributed by atoms with Gasteiger partial charge in [-0.15, -0.1) is 0 Å². The summed E-state index contributed by atoms with van der Waals surface area (Å²) in [5.74, 6) is -0.877. The lowest BCUT2D eigenvalue weighted by Crippen LogP contribution is -2.53. The molecule has 2 N–H and O–H groups in total. The van der Waals surface area contributed by atoms with Crippen LogP contribution in [0.1, 0.15) is 19.3 Å². The first-order chi connectivity index (χ1) is 8.74. The smallest absolute Gasteiger partial charge is 0.311 e. The molecule has 2 bridgehead atoms. The number of rotatable bonds is 1. The topological polar surface area (TPSA) is 70.7 Å². The largest absolute Gasteiger partial charge is 0.373 e. The fourth-order valence-corrected chi connectivity index (χ4v) is 3.03. The molecule has 0 aliphatic carbocycles. The van der Waals surface area contributed by atoms with E-state index in [-0.39, 0.29) is 18.2 Å². The molecule has 2 amide bonds. The molecule has 100 valence electrons. The SMILES string of the molecule is O=C(NC1CC2CCC1O2)C(=O)N1CCNCC1. The van der Waals surface area contributed by atoms with E-state index in [1.54, 1.807) is 4.90 Å². The van der Waals surface area contributed by atoms with Crippen LogP contribution in [0.3, 0.4) is 0 Å². The number of fused-ring (bicyclic) bond motifs is 2. The molecule has 3 fully saturated rings. The van der Waals surface area contributed by atoms with Gasteiger partial charge in [0.25, 0.3) is 0 Å². The average Bonchev–Trinajstić information content (AvgIpc) is 3.01. The number of hydrogen-bond donors (Lipinski definition) is 2. The van der Waals surface area contributed by atoms with Gasteiger partial charge in [-0.25, -0.2) is 0 Å². The zero-order chi connectivity index (χ0) is 12.5. The lowest BCUT2D eigenvalue weighted by Gasteiger charge is -2.28. The van der Waals surface area contributed by atoms with Crippen LogP contribution >= 0.6 is 0 Å². The molecule has 3 aliphatic heterocycles. The van der Waals surface area contributed by atoms with E-state index in [2.05, 4.69) is 10.6 Å². The minimum Gasteiger partial charge on any atom is -0.373 e. The Hall–Kier alpha value is -1.14. The molecule has 3 saturated heterocycles. The van der Waals surface area contributed by atoms with E-state index in [0.717, 1.165) is 32.4 Å². The van der Waals surface area contributed by atoms with Crippen LogP contribution in [-0.2, 0) is 14.3 Å². The van der Waals surface area contributed by atoms with Crippen molar-refractivity contribution in [2.75, 3.05) is 26.2 Å². The van der Waals surface area contributed by atoms with Crippen LogP contribution in [0, 0.1) is 0 Å². The summed E-state index contributed by atoms with van der Waals surface area (Å²) >= 11 is 0. The molecular weight excluding hydrogens is 234 g/mol. The molecule has 3 atom stereocenters. The predicted molar refractivity (Wildman–Crippen MR) is 63.9 cm³/mol. The van der Waals surface area contributed by atoms with E-state index < -0.39 is 11.8 Å². The third kappa shape index (κ3) is 2.22. The second-order valence-electron chi connectivity index (χ2n) is 5.23. The van der Waals surface area contributed by atoms with Crippen molar-refractivity contribution in [2.24, 2.45) is 0 Å². The second kappa shape index (κ2) is 4.85. The molecule has 0 aromatic rings. The van der Waals surface area contributed by atoms with E-state index in [0.29, 0.717) is 13.1 Å². The van der Waals surface area contributed by atoms with Crippen LogP contribution in [0.15, 0.2) is 0 Å². The van der Waals surface area contributed by atoms with E-state index >= 15 is 0 Å². The molecule has 0 aromatic carbocycles. The maximum atomic E-state index is 11.9. The van der Waals surface area contributed by atoms with Gasteiger partial charge in [-0.05, 0) is 19.3 Å². The molecule has 0 aromatic heterocycles. The van der Waals surface area contributed by atoms with Crippen molar-refractivity contribution in [3.8, 4) is 0 Å². The molecule has 18 heavy (non-hydrogen) atoms. The van der Waals surface area contributed by atoms with Gasteiger partial charge in [0.15, 0.2) is 0 Å². The lowest BCUT2D eigenvalue weighted by atomic mass is 9.95. The van der Waals surface area contributed by atoms with Gasteiger partial charge < -0.3 is 20.3 Å². The van der Waals surface area contributed by atoms with Crippen LogP contribution in [0.25, 0.3) is 0 Å². The fourth-order valence-electron chi connectivity index (χ4n) is 3.03. The molecular formula is C12H19N3O3. The first-order valence-electron chi connectivity index (χ1n) is 6.70. The number of amides is 2. The van der Waals surface area contributed by atoms with Gasteiger partial charge >= 0.3 is 11.8 Å². The fraction of sp³-hybridized carbons (Fsp3) is 0.833. The summed E-state index contributed by atoms with van der Waals surface area (Å²) in [5.41, 5.74) is 0. The van der Waals surface area contributed by atoms with E-state index in [1.807, 2.05) is 0 Å². The van der Waals surface area contributed by atoms with Gasteiger partial charge in [0.2, 0.25) is 0 Å². The van der Waals surface area contributed by atoms with Crippen molar-refractivity contribution >= 4 is 11.8 Å². The van der Waals surface area contributed by atoms with Gasteiger partial charge in [0.05, 0.1) is 18.2 Å². The molecule has 6 heteroatoms. The van der Waals surface area contributed by atoms with Crippen molar-refractivity contribution < 1.29 is 14.3 Å². The molecule has 0 radical (unpaired) electrons. The Balaban J connectivity index is 1.53. The Bertz CT molecular complexity index is 354. The summed E-state index contributed by atoms with van der Waals surface area (Å²) in [6.07, 6.45) is 3.34. The van der Waals surface area contributed by atoms with Crippen molar-refractivity contribution in [3.05, 3.63) is 0 Å². The molecule has 3 unspecified atom stereocenters. The Kier molecular flexibility index (Phi) is 3.22. The standard InChI is InChI=1S/C12H19N3O3/c16-11(12(17)15-5-3-13-4-6-15)14-9-7-8-1-2-10(9)18-8/h8-10,13H,1-7H2,(H,14,16). The molecule has 3 rings (SSSR count). The predicted octanol–water partition coefficient (Wildman–Crippen LogP) is -1.15. The first kappa shape index (κ1) is 11.9. The third-order valence-electron chi connectivity index (χ3n) is 4.02. The van der Waals surface area contributed by atoms with Gasteiger partial charge in [-0.1, -0.05) is 0 Å². The summed E-state index contributed by atoms with van der Waals surface area (Å²) in [5, 5.41) is 5.99. The molecule has 0 saturated carbocycles. The van der Waals surface area contributed by atoms with Gasteiger partial charge in [0.1, 0.15) is 0 Å². The van der Waals surface area contributed by atoms with Crippen LogP contribution in [0.5, 0.6) is 0 Å². The zero-order valence-electron chi connectivity index (χ0n) is 10.4. The van der Waals surface area contributed by atoms with Gasteiger partial charge in [0, 0.05) is 26.2 Å². The van der Waals surface area contributed by atoms with Crippen LogP contribution < -0.4 is 10.6 Å². The molecule has 3 aliphatic rings. The van der Waals surface area contributed by atoms with Gasteiger partial charge in [-0.3, -0.25) is 9.59 Å². The maximum Gasteiger partial charge on any atom is 0.311 e. The highest BCUT2D eigenvalue weighted by Crippen LogP contribution is 2.34. The summed E-state index contributed by atoms with van der Waals surface area (Å²) in [4.78, 5) is 25.4. The van der Waals surface area contributed by atoms with Crippen molar-refractivity contribution in [1.82, 2.24) is 15.5 Å². The molecule has 6 nitrogen and oxygen atoms in total. The summed E-state index contributed by atoms with van der Waals surface area (Å²) in [7, 11) is 0. The Morgan fingerprint density at radius 2 is 2.00 bits per heavy atom. The van der Waals surface area contributed by atoms with E-state index in [1.165, 1.54) is 0 Å². The van der Waals surface area contributed by atoms with E-state index in [9.17, 15) is 9.59 Å². The normalized spacial score (nSPS) is 34.7. The summed E-state index contributed by atoms with van der Waals surface area (Å²) in [6.45, 7) is 2.74. The molecule has 0 spiro atoms. The minimum absolute atomic E-state index is 0.0307. The lowest BCUT2D eigenvalue weighted by molar-refractivity contribution is -0.146. The van der Waals surface area contributed by atoms with Crippen molar-refractivity contribution in [3.63, 3.8) is 0 Å². The average molecular weight is 253 g/mol. The number of carbonyl (C=O) groups is 2. The van der Waals surface area contributed by atoms with Crippen LogP contribution in [0.2, 0.25) is 0 Å². The Labute approximate surface area is 106 Å². The monoisotopic (exact) mass is 253 g/mol. The van der Waals surface area contributed by atoms with Crippen LogP contribution in [0.4, 0.5) is 0 Å². The van der Waals surface area contributed by atoms with E-state index in [4.69, 9.17) is 4.74 Å². The Morgan fingerprint density at radius 3 is 2.61 bits per heavy atom. The maximum absolute atomic E-state index is 11.9. The number of hydrogen-bond acceptors (Lipinski definition) is 4. The zero-order valence-corrected chi connectivity index (χ0v) is 10.4. The number of piperazine rings is 1. The second-order valence-corrected chi connectivity index (χ2v) is 5.23. The minimum atomic E-state index is -0.474. The molecule has 3 heterocycles. The summed E-state index contributed by atoms with van der Waals surface area (Å²) in [6, 6.07) is 0.0307. The quantitative estimate of drug-likeness (QED) is 0.579. The number of carbonyl (C=O) groups excluding carboxylic acids is 2. The Morgan fingerprint density at radius 1 is 1.22 bits per heavy atom. The highest BCUT2D eigenvalue weighted by molar-refractivity contribution is 6.35.